The minimum atomic E-state index is -4.41. The van der Waals surface area contributed by atoms with Gasteiger partial charge < -0.3 is 10.1 Å². The molecule has 0 aromatic heterocycles. The summed E-state index contributed by atoms with van der Waals surface area (Å²) in [6, 6.07) is 13.9. The Morgan fingerprint density at radius 2 is 1.78 bits per heavy atom. The summed E-state index contributed by atoms with van der Waals surface area (Å²) in [4.78, 5) is 11.7. The lowest BCUT2D eigenvalue weighted by molar-refractivity contribution is -0.137. The largest absolute Gasteiger partial charge is 0.492 e. The molecule has 0 saturated carbocycles. The molecule has 1 N–H and O–H groups in total. The van der Waals surface area contributed by atoms with Crippen LogP contribution in [0.15, 0.2) is 54.6 Å². The highest BCUT2D eigenvalue weighted by Crippen LogP contribution is 2.29. The maximum atomic E-state index is 12.6. The quantitative estimate of drug-likeness (QED) is 0.827. The Morgan fingerprint density at radius 1 is 1.04 bits per heavy atom. The summed E-state index contributed by atoms with van der Waals surface area (Å²) >= 11 is 0. The van der Waals surface area contributed by atoms with Crippen molar-refractivity contribution in [2.24, 2.45) is 0 Å². The van der Waals surface area contributed by atoms with Crippen molar-refractivity contribution in [3.05, 3.63) is 65.7 Å². The Hall–Kier alpha value is -2.50. The fourth-order valence-corrected chi connectivity index (χ4v) is 1.98. The number of carbonyl (C=O) groups excluding carboxylic acids is 1. The van der Waals surface area contributed by atoms with E-state index < -0.39 is 11.7 Å². The molecule has 0 aliphatic heterocycles. The average Bonchev–Trinajstić information content (AvgIpc) is 2.52. The SMILES string of the molecule is O=C(Cc1cccc(C(F)(F)F)c1)NCCOc1ccccc1. The molecule has 6 heteroatoms. The Labute approximate surface area is 132 Å². The van der Waals surface area contributed by atoms with Gasteiger partial charge in [-0.05, 0) is 23.8 Å². The van der Waals surface area contributed by atoms with Crippen molar-refractivity contribution in [2.75, 3.05) is 13.2 Å². The first kappa shape index (κ1) is 16.9. The summed E-state index contributed by atoms with van der Waals surface area (Å²) < 4.78 is 43.2. The molecule has 2 aromatic carbocycles. The first-order chi connectivity index (χ1) is 10.9. The molecule has 122 valence electrons. The number of hydrogen-bond acceptors (Lipinski definition) is 2. The lowest BCUT2D eigenvalue weighted by atomic mass is 10.1. The van der Waals surface area contributed by atoms with Crippen LogP contribution in [0.3, 0.4) is 0 Å². The Balaban J connectivity index is 1.77. The van der Waals surface area contributed by atoms with Gasteiger partial charge in [0.15, 0.2) is 0 Å². The molecule has 0 spiro atoms. The van der Waals surface area contributed by atoms with E-state index in [4.69, 9.17) is 4.74 Å². The predicted molar refractivity (Wildman–Crippen MR) is 80.1 cm³/mol. The van der Waals surface area contributed by atoms with E-state index in [-0.39, 0.29) is 18.9 Å². The maximum Gasteiger partial charge on any atom is 0.416 e. The summed E-state index contributed by atoms with van der Waals surface area (Å²) in [5.41, 5.74) is -0.434. The second-order valence-corrected chi connectivity index (χ2v) is 4.89. The minimum Gasteiger partial charge on any atom is -0.492 e. The number of halogens is 3. The molecule has 0 aliphatic rings. The summed E-state index contributed by atoms with van der Waals surface area (Å²) in [6.45, 7) is 0.574. The third kappa shape index (κ3) is 5.65. The van der Waals surface area contributed by atoms with E-state index in [0.29, 0.717) is 17.9 Å². The van der Waals surface area contributed by atoms with Gasteiger partial charge in [-0.3, -0.25) is 4.79 Å². The highest BCUT2D eigenvalue weighted by Gasteiger charge is 2.30. The lowest BCUT2D eigenvalue weighted by Gasteiger charge is -2.10. The van der Waals surface area contributed by atoms with Gasteiger partial charge in [-0.15, -0.1) is 0 Å². The molecule has 0 heterocycles. The first-order valence-corrected chi connectivity index (χ1v) is 7.06. The number of para-hydroxylation sites is 1. The lowest BCUT2D eigenvalue weighted by Crippen LogP contribution is -2.29. The second kappa shape index (κ2) is 7.67. The maximum absolute atomic E-state index is 12.6. The number of rotatable bonds is 6. The number of hydrogen-bond donors (Lipinski definition) is 1. The molecule has 2 rings (SSSR count). The fourth-order valence-electron chi connectivity index (χ4n) is 1.98. The standard InChI is InChI=1S/C17H16F3NO2/c18-17(19,20)14-6-4-5-13(11-14)12-16(22)21-9-10-23-15-7-2-1-3-8-15/h1-8,11H,9-10,12H2,(H,21,22). The molecule has 0 saturated heterocycles. The van der Waals surface area contributed by atoms with Gasteiger partial charge in [-0.2, -0.15) is 13.2 Å². The molecule has 1 amide bonds. The van der Waals surface area contributed by atoms with Crippen LogP contribution in [0.25, 0.3) is 0 Å². The summed E-state index contributed by atoms with van der Waals surface area (Å²) in [5, 5.41) is 2.61. The van der Waals surface area contributed by atoms with E-state index in [1.807, 2.05) is 18.2 Å². The summed E-state index contributed by atoms with van der Waals surface area (Å²) in [7, 11) is 0. The van der Waals surface area contributed by atoms with Crippen molar-refractivity contribution >= 4 is 5.91 Å². The van der Waals surface area contributed by atoms with Crippen LogP contribution in [0.1, 0.15) is 11.1 Å². The van der Waals surface area contributed by atoms with Crippen LogP contribution in [0, 0.1) is 0 Å². The molecule has 0 atom stereocenters. The Kier molecular flexibility index (Phi) is 5.62. The fraction of sp³-hybridized carbons (Fsp3) is 0.235. The minimum absolute atomic E-state index is 0.102. The van der Waals surface area contributed by atoms with Crippen molar-refractivity contribution in [3.63, 3.8) is 0 Å². The van der Waals surface area contributed by atoms with E-state index in [2.05, 4.69) is 5.32 Å². The summed E-state index contributed by atoms with van der Waals surface area (Å²) in [5.74, 6) is 0.348. The molecular weight excluding hydrogens is 307 g/mol. The van der Waals surface area contributed by atoms with Gasteiger partial charge in [0, 0.05) is 0 Å². The van der Waals surface area contributed by atoms with Crippen LogP contribution in [0.2, 0.25) is 0 Å². The highest BCUT2D eigenvalue weighted by molar-refractivity contribution is 5.78. The van der Waals surface area contributed by atoms with Gasteiger partial charge in [0.05, 0.1) is 18.5 Å². The van der Waals surface area contributed by atoms with Crippen LogP contribution < -0.4 is 10.1 Å². The number of benzene rings is 2. The second-order valence-electron chi connectivity index (χ2n) is 4.89. The number of amides is 1. The van der Waals surface area contributed by atoms with Gasteiger partial charge in [-0.25, -0.2) is 0 Å². The van der Waals surface area contributed by atoms with Crippen molar-refractivity contribution in [2.45, 2.75) is 12.6 Å². The van der Waals surface area contributed by atoms with E-state index in [1.165, 1.54) is 12.1 Å². The van der Waals surface area contributed by atoms with Crippen molar-refractivity contribution < 1.29 is 22.7 Å². The van der Waals surface area contributed by atoms with Crippen molar-refractivity contribution in [1.82, 2.24) is 5.32 Å². The zero-order chi connectivity index (χ0) is 16.7. The molecule has 0 unspecified atom stereocenters. The molecule has 3 nitrogen and oxygen atoms in total. The summed E-state index contributed by atoms with van der Waals surface area (Å²) in [6.07, 6.45) is -4.51. The number of alkyl halides is 3. The van der Waals surface area contributed by atoms with Crippen LogP contribution in [0.4, 0.5) is 13.2 Å². The van der Waals surface area contributed by atoms with Crippen LogP contribution in [-0.2, 0) is 17.4 Å². The predicted octanol–water partition coefficient (Wildman–Crippen LogP) is 3.44. The number of ether oxygens (including phenoxy) is 1. The van der Waals surface area contributed by atoms with E-state index in [9.17, 15) is 18.0 Å². The topological polar surface area (TPSA) is 38.3 Å². The van der Waals surface area contributed by atoms with Crippen molar-refractivity contribution in [3.8, 4) is 5.75 Å². The van der Waals surface area contributed by atoms with Crippen LogP contribution in [-0.4, -0.2) is 19.1 Å². The molecule has 23 heavy (non-hydrogen) atoms. The van der Waals surface area contributed by atoms with Gasteiger partial charge in [-0.1, -0.05) is 36.4 Å². The van der Waals surface area contributed by atoms with E-state index in [1.54, 1.807) is 12.1 Å². The molecule has 2 aromatic rings. The third-order valence-electron chi connectivity index (χ3n) is 3.06. The van der Waals surface area contributed by atoms with E-state index >= 15 is 0 Å². The van der Waals surface area contributed by atoms with Gasteiger partial charge in [0.25, 0.3) is 0 Å². The monoisotopic (exact) mass is 323 g/mol. The Bertz CT molecular complexity index is 642. The smallest absolute Gasteiger partial charge is 0.416 e. The first-order valence-electron chi connectivity index (χ1n) is 7.06. The Morgan fingerprint density at radius 3 is 2.48 bits per heavy atom. The molecule has 0 radical (unpaired) electrons. The number of nitrogens with one attached hydrogen (secondary N) is 1. The van der Waals surface area contributed by atoms with Crippen LogP contribution in [0.5, 0.6) is 5.75 Å². The van der Waals surface area contributed by atoms with Gasteiger partial charge in [0.2, 0.25) is 5.91 Å². The highest BCUT2D eigenvalue weighted by atomic mass is 19.4. The van der Waals surface area contributed by atoms with Crippen LogP contribution >= 0.6 is 0 Å². The van der Waals surface area contributed by atoms with E-state index in [0.717, 1.165) is 12.1 Å². The molecule has 0 bridgehead atoms. The molecular formula is C17H16F3NO2. The third-order valence-corrected chi connectivity index (χ3v) is 3.06. The van der Waals surface area contributed by atoms with Gasteiger partial charge >= 0.3 is 6.18 Å². The zero-order valence-electron chi connectivity index (χ0n) is 12.3. The van der Waals surface area contributed by atoms with Crippen molar-refractivity contribution in [1.29, 1.82) is 0 Å². The zero-order valence-corrected chi connectivity index (χ0v) is 12.3. The van der Waals surface area contributed by atoms with Gasteiger partial charge in [0.1, 0.15) is 12.4 Å². The average molecular weight is 323 g/mol. The number of carbonyl (C=O) groups is 1. The molecule has 0 fully saturated rings. The normalized spacial score (nSPS) is 11.1. The molecule has 0 aliphatic carbocycles.